The highest BCUT2D eigenvalue weighted by atomic mass is 32.2. The molecular weight excluding hydrogens is 282 g/mol. The summed E-state index contributed by atoms with van der Waals surface area (Å²) in [5.74, 6) is -0.0266. The van der Waals surface area contributed by atoms with Gasteiger partial charge in [0.15, 0.2) is 5.16 Å². The maximum absolute atomic E-state index is 13.6. The molecule has 0 spiro atoms. The number of nitrogens with zero attached hydrogens (tertiary/aromatic N) is 3. The Kier molecular flexibility index (Phi) is 5.08. The Morgan fingerprint density at radius 3 is 2.75 bits per heavy atom. The first kappa shape index (κ1) is 14.9. The third kappa shape index (κ3) is 3.34. The molecule has 0 aliphatic carbocycles. The molecule has 7 heteroatoms. The minimum absolute atomic E-state index is 0.318. The number of thioether (sulfide) groups is 1. The summed E-state index contributed by atoms with van der Waals surface area (Å²) >= 11 is 1.37. The lowest BCUT2D eigenvalue weighted by atomic mass is 10.2. The number of rotatable bonds is 6. The van der Waals surface area contributed by atoms with Gasteiger partial charge in [-0.25, -0.2) is 8.78 Å². The Morgan fingerprint density at radius 2 is 2.10 bits per heavy atom. The Balaban J connectivity index is 2.12. The van der Waals surface area contributed by atoms with E-state index in [0.29, 0.717) is 28.8 Å². The molecule has 0 saturated carbocycles. The quantitative estimate of drug-likeness (QED) is 0.833. The molecule has 1 aromatic heterocycles. The molecule has 2 N–H and O–H groups in total. The first-order valence-electron chi connectivity index (χ1n) is 6.34. The normalized spacial score (nSPS) is 11.0. The minimum Gasteiger partial charge on any atom is -0.324 e. The highest BCUT2D eigenvalue weighted by Gasteiger charge is 2.12. The molecule has 0 radical (unpaired) electrons. The fourth-order valence-electron chi connectivity index (χ4n) is 1.81. The van der Waals surface area contributed by atoms with Gasteiger partial charge in [-0.2, -0.15) is 0 Å². The second-order valence-corrected chi connectivity index (χ2v) is 5.22. The Bertz CT molecular complexity index is 586. The fourth-order valence-corrected chi connectivity index (χ4v) is 2.78. The van der Waals surface area contributed by atoms with Crippen molar-refractivity contribution >= 4 is 11.8 Å². The highest BCUT2D eigenvalue weighted by Crippen LogP contribution is 2.24. The van der Waals surface area contributed by atoms with Crippen molar-refractivity contribution in [1.29, 1.82) is 0 Å². The van der Waals surface area contributed by atoms with Gasteiger partial charge in [0.2, 0.25) is 0 Å². The van der Waals surface area contributed by atoms with E-state index in [1.807, 2.05) is 11.5 Å². The molecule has 108 valence electrons. The van der Waals surface area contributed by atoms with Crippen molar-refractivity contribution < 1.29 is 8.78 Å². The molecule has 1 aromatic carbocycles. The van der Waals surface area contributed by atoms with Crippen LogP contribution in [0.4, 0.5) is 8.78 Å². The summed E-state index contributed by atoms with van der Waals surface area (Å²) in [7, 11) is 0. The second kappa shape index (κ2) is 6.81. The first-order chi connectivity index (χ1) is 9.65. The van der Waals surface area contributed by atoms with Crippen LogP contribution in [0, 0.1) is 11.6 Å². The van der Waals surface area contributed by atoms with E-state index >= 15 is 0 Å². The topological polar surface area (TPSA) is 56.7 Å². The molecular formula is C13H16F2N4S. The Labute approximate surface area is 120 Å². The van der Waals surface area contributed by atoms with Crippen molar-refractivity contribution in [3.63, 3.8) is 0 Å². The summed E-state index contributed by atoms with van der Waals surface area (Å²) in [6, 6.07) is 3.58. The predicted molar refractivity (Wildman–Crippen MR) is 74.1 cm³/mol. The SMILES string of the molecule is CCCn1c(CN)nnc1SCc1ccc(F)cc1F. The molecule has 1 heterocycles. The molecule has 2 aromatic rings. The Hall–Kier alpha value is -1.47. The van der Waals surface area contributed by atoms with E-state index in [4.69, 9.17) is 5.73 Å². The average molecular weight is 298 g/mol. The van der Waals surface area contributed by atoms with Crippen molar-refractivity contribution in [2.24, 2.45) is 5.73 Å². The van der Waals surface area contributed by atoms with Crippen molar-refractivity contribution in [3.05, 3.63) is 41.2 Å². The van der Waals surface area contributed by atoms with Crippen molar-refractivity contribution in [3.8, 4) is 0 Å². The van der Waals surface area contributed by atoms with E-state index in [1.165, 1.54) is 23.9 Å². The van der Waals surface area contributed by atoms with Gasteiger partial charge in [0.25, 0.3) is 0 Å². The minimum atomic E-state index is -0.573. The van der Waals surface area contributed by atoms with Gasteiger partial charge in [0.1, 0.15) is 17.5 Å². The Morgan fingerprint density at radius 1 is 1.30 bits per heavy atom. The lowest BCUT2D eigenvalue weighted by molar-refractivity contribution is 0.576. The molecule has 20 heavy (non-hydrogen) atoms. The van der Waals surface area contributed by atoms with Gasteiger partial charge in [0.05, 0.1) is 6.54 Å². The summed E-state index contributed by atoms with van der Waals surface area (Å²) < 4.78 is 28.3. The van der Waals surface area contributed by atoms with Crippen molar-refractivity contribution in [1.82, 2.24) is 14.8 Å². The molecule has 0 aliphatic heterocycles. The van der Waals surface area contributed by atoms with Gasteiger partial charge in [-0.1, -0.05) is 24.8 Å². The van der Waals surface area contributed by atoms with Gasteiger partial charge in [0, 0.05) is 18.4 Å². The smallest absolute Gasteiger partial charge is 0.191 e. The second-order valence-electron chi connectivity index (χ2n) is 4.28. The number of hydrogen-bond acceptors (Lipinski definition) is 4. The lowest BCUT2D eigenvalue weighted by Gasteiger charge is -2.08. The fraction of sp³-hybridized carbons (Fsp3) is 0.385. The van der Waals surface area contributed by atoms with Crippen LogP contribution in [0.2, 0.25) is 0 Å². The van der Waals surface area contributed by atoms with Gasteiger partial charge in [-0.05, 0) is 18.1 Å². The molecule has 2 rings (SSSR count). The summed E-state index contributed by atoms with van der Waals surface area (Å²) in [4.78, 5) is 0. The first-order valence-corrected chi connectivity index (χ1v) is 7.33. The molecule has 0 atom stereocenters. The van der Waals surface area contributed by atoms with Gasteiger partial charge in [-0.15, -0.1) is 10.2 Å². The monoisotopic (exact) mass is 298 g/mol. The zero-order valence-corrected chi connectivity index (χ0v) is 12.0. The summed E-state index contributed by atoms with van der Waals surface area (Å²) in [5, 5.41) is 8.79. The molecule has 0 aliphatic rings. The van der Waals surface area contributed by atoms with E-state index in [2.05, 4.69) is 10.2 Å². The zero-order chi connectivity index (χ0) is 14.5. The van der Waals surface area contributed by atoms with Crippen LogP contribution in [0.15, 0.2) is 23.4 Å². The summed E-state index contributed by atoms with van der Waals surface area (Å²) in [6.07, 6.45) is 0.934. The maximum Gasteiger partial charge on any atom is 0.191 e. The van der Waals surface area contributed by atoms with Crippen LogP contribution >= 0.6 is 11.8 Å². The number of halogens is 2. The number of hydrogen-bond donors (Lipinski definition) is 1. The van der Waals surface area contributed by atoms with E-state index < -0.39 is 11.6 Å². The number of aromatic nitrogens is 3. The molecule has 0 bridgehead atoms. The third-order valence-corrected chi connectivity index (χ3v) is 3.81. The standard InChI is InChI=1S/C13H16F2N4S/c1-2-5-19-12(7-16)17-18-13(19)20-8-9-3-4-10(14)6-11(9)15/h3-4,6H,2,5,7-8,16H2,1H3. The lowest BCUT2D eigenvalue weighted by Crippen LogP contribution is -2.09. The summed E-state index contributed by atoms with van der Waals surface area (Å²) in [5.41, 5.74) is 6.05. The van der Waals surface area contributed by atoms with Gasteiger partial charge in [-0.3, -0.25) is 0 Å². The van der Waals surface area contributed by atoms with E-state index in [1.54, 1.807) is 0 Å². The highest BCUT2D eigenvalue weighted by molar-refractivity contribution is 7.98. The van der Waals surface area contributed by atoms with E-state index in [9.17, 15) is 8.78 Å². The van der Waals surface area contributed by atoms with Crippen LogP contribution in [-0.4, -0.2) is 14.8 Å². The van der Waals surface area contributed by atoms with Crippen LogP contribution in [0.25, 0.3) is 0 Å². The number of nitrogens with two attached hydrogens (primary N) is 1. The van der Waals surface area contributed by atoms with E-state index in [0.717, 1.165) is 19.0 Å². The third-order valence-electron chi connectivity index (χ3n) is 2.80. The van der Waals surface area contributed by atoms with Crippen LogP contribution < -0.4 is 5.73 Å². The molecule has 0 saturated heterocycles. The zero-order valence-electron chi connectivity index (χ0n) is 11.1. The van der Waals surface area contributed by atoms with Crippen LogP contribution in [0.1, 0.15) is 24.7 Å². The van der Waals surface area contributed by atoms with Crippen LogP contribution in [0.3, 0.4) is 0 Å². The molecule has 4 nitrogen and oxygen atoms in total. The van der Waals surface area contributed by atoms with Crippen molar-refractivity contribution in [2.75, 3.05) is 0 Å². The van der Waals surface area contributed by atoms with Crippen molar-refractivity contribution in [2.45, 2.75) is 37.3 Å². The van der Waals surface area contributed by atoms with Crippen LogP contribution in [-0.2, 0) is 18.8 Å². The van der Waals surface area contributed by atoms with Gasteiger partial charge < -0.3 is 10.3 Å². The maximum atomic E-state index is 13.6. The van der Waals surface area contributed by atoms with Gasteiger partial charge >= 0.3 is 0 Å². The largest absolute Gasteiger partial charge is 0.324 e. The number of benzene rings is 1. The van der Waals surface area contributed by atoms with Crippen LogP contribution in [0.5, 0.6) is 0 Å². The molecule has 0 fully saturated rings. The molecule has 0 unspecified atom stereocenters. The predicted octanol–water partition coefficient (Wildman–Crippen LogP) is 2.72. The average Bonchev–Trinajstić information content (AvgIpc) is 2.81. The summed E-state index contributed by atoms with van der Waals surface area (Å²) in [6.45, 7) is 3.14. The van der Waals surface area contributed by atoms with E-state index in [-0.39, 0.29) is 0 Å². The molecule has 0 amide bonds.